The lowest BCUT2D eigenvalue weighted by molar-refractivity contribution is 0.290. The highest BCUT2D eigenvalue weighted by Crippen LogP contribution is 2.26. The van der Waals surface area contributed by atoms with Crippen molar-refractivity contribution >= 4 is 15.9 Å². The molecule has 0 saturated heterocycles. The summed E-state index contributed by atoms with van der Waals surface area (Å²) in [5.41, 5.74) is 1.14. The fourth-order valence-electron chi connectivity index (χ4n) is 1.65. The smallest absolute Gasteiger partial charge is 0.166 e. The minimum atomic E-state index is -0.545. The maximum Gasteiger partial charge on any atom is 0.166 e. The van der Waals surface area contributed by atoms with Crippen molar-refractivity contribution in [2.45, 2.75) is 6.61 Å². The number of rotatable bonds is 4. The Morgan fingerprint density at radius 3 is 2.55 bits per heavy atom. The molecule has 0 N–H and O–H groups in total. The van der Waals surface area contributed by atoms with E-state index in [0.29, 0.717) is 0 Å². The second-order valence-corrected chi connectivity index (χ2v) is 4.87. The Hall–Kier alpha value is -2.06. The molecule has 0 aliphatic heterocycles. The normalized spacial score (nSPS) is 9.90. The van der Waals surface area contributed by atoms with Gasteiger partial charge in [-0.05, 0) is 51.8 Å². The number of ether oxygens (including phenoxy) is 2. The first-order valence-corrected chi connectivity index (χ1v) is 6.58. The van der Waals surface area contributed by atoms with Crippen molar-refractivity contribution < 1.29 is 13.9 Å². The van der Waals surface area contributed by atoms with Crippen molar-refractivity contribution in [1.29, 1.82) is 5.26 Å². The Bertz CT molecular complexity index is 667. The minimum absolute atomic E-state index is 0.121. The van der Waals surface area contributed by atoms with Gasteiger partial charge in [0.2, 0.25) is 0 Å². The fraction of sp³-hybridized carbons (Fsp3) is 0.133. The van der Waals surface area contributed by atoms with Crippen molar-refractivity contribution in [3.63, 3.8) is 0 Å². The molecular weight excluding hydrogens is 325 g/mol. The summed E-state index contributed by atoms with van der Waals surface area (Å²) in [7, 11) is 1.59. The molecule has 0 spiro atoms. The third kappa shape index (κ3) is 3.28. The van der Waals surface area contributed by atoms with E-state index < -0.39 is 5.82 Å². The molecule has 2 aromatic carbocycles. The number of nitriles is 1. The Labute approximate surface area is 124 Å². The number of halogens is 2. The van der Waals surface area contributed by atoms with Gasteiger partial charge >= 0.3 is 0 Å². The van der Waals surface area contributed by atoms with E-state index in [-0.39, 0.29) is 17.9 Å². The zero-order valence-electron chi connectivity index (χ0n) is 10.7. The molecule has 0 saturated carbocycles. The first kappa shape index (κ1) is 14.4. The van der Waals surface area contributed by atoms with Gasteiger partial charge in [0.15, 0.2) is 11.6 Å². The summed E-state index contributed by atoms with van der Waals surface area (Å²) in [5.74, 6) is 0.297. The lowest BCUT2D eigenvalue weighted by Crippen LogP contribution is -1.98. The SMILES string of the molecule is COc1ccc(COc2ccc(C#N)cc2F)cc1Br. The Morgan fingerprint density at radius 1 is 1.20 bits per heavy atom. The molecule has 5 heteroatoms. The van der Waals surface area contributed by atoms with Crippen LogP contribution in [0, 0.1) is 17.1 Å². The minimum Gasteiger partial charge on any atom is -0.496 e. The van der Waals surface area contributed by atoms with Crippen LogP contribution < -0.4 is 9.47 Å². The second kappa shape index (κ2) is 6.40. The molecule has 20 heavy (non-hydrogen) atoms. The number of methoxy groups -OCH3 is 1. The van der Waals surface area contributed by atoms with Crippen LogP contribution in [-0.4, -0.2) is 7.11 Å². The molecule has 0 fully saturated rings. The van der Waals surface area contributed by atoms with Crippen LogP contribution in [0.5, 0.6) is 11.5 Å². The Balaban J connectivity index is 2.09. The summed E-state index contributed by atoms with van der Waals surface area (Å²) < 4.78 is 25.0. The van der Waals surface area contributed by atoms with Crippen molar-refractivity contribution in [3.05, 3.63) is 57.8 Å². The molecule has 3 nitrogen and oxygen atoms in total. The number of hydrogen-bond acceptors (Lipinski definition) is 3. The van der Waals surface area contributed by atoms with Gasteiger partial charge in [-0.25, -0.2) is 4.39 Å². The molecule has 0 bridgehead atoms. The van der Waals surface area contributed by atoms with Gasteiger partial charge in [-0.3, -0.25) is 0 Å². The Kier molecular flexibility index (Phi) is 4.59. The number of benzene rings is 2. The second-order valence-electron chi connectivity index (χ2n) is 4.01. The molecule has 0 aromatic heterocycles. The molecule has 2 aromatic rings. The van der Waals surface area contributed by atoms with E-state index in [1.54, 1.807) is 13.2 Å². The van der Waals surface area contributed by atoms with E-state index in [1.165, 1.54) is 12.1 Å². The molecule has 0 radical (unpaired) electrons. The molecule has 0 aliphatic rings. The fourth-order valence-corrected chi connectivity index (χ4v) is 2.24. The van der Waals surface area contributed by atoms with Gasteiger partial charge in [0, 0.05) is 0 Å². The molecule has 0 unspecified atom stereocenters. The van der Waals surface area contributed by atoms with Gasteiger partial charge in [0.05, 0.1) is 23.2 Å². The zero-order chi connectivity index (χ0) is 14.5. The van der Waals surface area contributed by atoms with Crippen LogP contribution in [0.2, 0.25) is 0 Å². The molecule has 0 heterocycles. The predicted molar refractivity (Wildman–Crippen MR) is 76.1 cm³/mol. The van der Waals surface area contributed by atoms with E-state index in [9.17, 15) is 4.39 Å². The highest BCUT2D eigenvalue weighted by molar-refractivity contribution is 9.10. The van der Waals surface area contributed by atoms with Crippen LogP contribution in [0.1, 0.15) is 11.1 Å². The first-order valence-electron chi connectivity index (χ1n) is 5.79. The Morgan fingerprint density at radius 2 is 1.95 bits per heavy atom. The molecule has 2 rings (SSSR count). The first-order chi connectivity index (χ1) is 9.63. The van der Waals surface area contributed by atoms with Crippen LogP contribution in [0.4, 0.5) is 4.39 Å². The van der Waals surface area contributed by atoms with Gasteiger partial charge < -0.3 is 9.47 Å². The van der Waals surface area contributed by atoms with Gasteiger partial charge in [-0.15, -0.1) is 0 Å². The van der Waals surface area contributed by atoms with Gasteiger partial charge in [0.25, 0.3) is 0 Å². The molecule has 0 amide bonds. The third-order valence-electron chi connectivity index (χ3n) is 2.67. The molecule has 0 aliphatic carbocycles. The van der Waals surface area contributed by atoms with Crippen LogP contribution in [0.15, 0.2) is 40.9 Å². The maximum absolute atomic E-state index is 13.6. The third-order valence-corrected chi connectivity index (χ3v) is 3.29. The van der Waals surface area contributed by atoms with Crippen molar-refractivity contribution in [2.75, 3.05) is 7.11 Å². The van der Waals surface area contributed by atoms with Crippen molar-refractivity contribution in [3.8, 4) is 17.6 Å². The van der Waals surface area contributed by atoms with Crippen molar-refractivity contribution in [2.24, 2.45) is 0 Å². The topological polar surface area (TPSA) is 42.2 Å². The lowest BCUT2D eigenvalue weighted by atomic mass is 10.2. The van der Waals surface area contributed by atoms with E-state index >= 15 is 0 Å². The van der Waals surface area contributed by atoms with Gasteiger partial charge in [-0.1, -0.05) is 6.07 Å². The quantitative estimate of drug-likeness (QED) is 0.846. The predicted octanol–water partition coefficient (Wildman–Crippen LogP) is 4.05. The lowest BCUT2D eigenvalue weighted by Gasteiger charge is -2.09. The monoisotopic (exact) mass is 335 g/mol. The summed E-state index contributed by atoms with van der Waals surface area (Å²) in [6, 6.07) is 11.5. The highest BCUT2D eigenvalue weighted by atomic mass is 79.9. The number of nitrogens with zero attached hydrogens (tertiary/aromatic N) is 1. The summed E-state index contributed by atoms with van der Waals surface area (Å²) in [4.78, 5) is 0. The highest BCUT2D eigenvalue weighted by Gasteiger charge is 2.06. The van der Waals surface area contributed by atoms with Gasteiger partial charge in [0.1, 0.15) is 12.4 Å². The molecular formula is C15H11BrFNO2. The average Bonchev–Trinajstić information content (AvgIpc) is 2.46. The van der Waals surface area contributed by atoms with Crippen LogP contribution in [-0.2, 0) is 6.61 Å². The molecule has 0 atom stereocenters. The van der Waals surface area contributed by atoms with Crippen LogP contribution in [0.3, 0.4) is 0 Å². The van der Waals surface area contributed by atoms with E-state index in [2.05, 4.69) is 15.9 Å². The van der Waals surface area contributed by atoms with Gasteiger partial charge in [-0.2, -0.15) is 5.26 Å². The summed E-state index contributed by atoms with van der Waals surface area (Å²) >= 11 is 3.38. The van der Waals surface area contributed by atoms with Crippen molar-refractivity contribution in [1.82, 2.24) is 0 Å². The standard InChI is InChI=1S/C15H11BrFNO2/c1-19-14-4-3-11(6-12(14)16)9-20-15-5-2-10(8-18)7-13(15)17/h2-7H,9H2,1H3. The number of hydrogen-bond donors (Lipinski definition) is 0. The van der Waals surface area contributed by atoms with E-state index in [1.807, 2.05) is 18.2 Å². The summed E-state index contributed by atoms with van der Waals surface area (Å²) in [6.07, 6.45) is 0. The molecule has 102 valence electrons. The van der Waals surface area contributed by atoms with E-state index in [4.69, 9.17) is 14.7 Å². The van der Waals surface area contributed by atoms with E-state index in [0.717, 1.165) is 21.9 Å². The summed E-state index contributed by atoms with van der Waals surface area (Å²) in [6.45, 7) is 0.228. The largest absolute Gasteiger partial charge is 0.496 e. The average molecular weight is 336 g/mol. The zero-order valence-corrected chi connectivity index (χ0v) is 12.3. The van der Waals surface area contributed by atoms with Crippen LogP contribution in [0.25, 0.3) is 0 Å². The maximum atomic E-state index is 13.6. The summed E-state index contributed by atoms with van der Waals surface area (Å²) in [5, 5.41) is 8.67. The van der Waals surface area contributed by atoms with Crippen LogP contribution >= 0.6 is 15.9 Å².